The van der Waals surface area contributed by atoms with Crippen LogP contribution in [-0.2, 0) is 16.8 Å². The lowest BCUT2D eigenvalue weighted by molar-refractivity contribution is 0.0302. The minimum absolute atomic E-state index is 0.0829. The van der Waals surface area contributed by atoms with Crippen molar-refractivity contribution in [1.29, 1.82) is 0 Å². The molecule has 0 bridgehead atoms. The number of pyridine rings is 1. The van der Waals surface area contributed by atoms with Gasteiger partial charge in [0.2, 0.25) is 0 Å². The zero-order valence-corrected chi connectivity index (χ0v) is 27.0. The molecular formula is C36H36FN7O4. The summed E-state index contributed by atoms with van der Waals surface area (Å²) in [5.41, 5.74) is 2.46. The normalized spacial score (nSPS) is 13.9. The molecule has 1 amide bonds. The second-order valence-corrected chi connectivity index (χ2v) is 12.5. The second-order valence-electron chi connectivity index (χ2n) is 12.5. The zero-order chi connectivity index (χ0) is 34.0. The number of halogens is 1. The van der Waals surface area contributed by atoms with Crippen molar-refractivity contribution < 1.29 is 19.0 Å². The smallest absolute Gasteiger partial charge is 0.282 e. The minimum atomic E-state index is -0.641. The van der Waals surface area contributed by atoms with Gasteiger partial charge in [0.1, 0.15) is 11.6 Å². The molecule has 48 heavy (non-hydrogen) atoms. The number of imidazole rings is 1. The van der Waals surface area contributed by atoms with Gasteiger partial charge in [-0.2, -0.15) is 9.78 Å². The summed E-state index contributed by atoms with van der Waals surface area (Å²) in [4.78, 5) is 40.1. The van der Waals surface area contributed by atoms with Crippen LogP contribution in [0.4, 0.5) is 10.2 Å². The maximum absolute atomic E-state index is 15.4. The summed E-state index contributed by atoms with van der Waals surface area (Å²) in [6.45, 7) is 11.8. The molecule has 1 aliphatic heterocycles. The first-order chi connectivity index (χ1) is 23.0. The molecule has 6 rings (SSSR count). The number of carbonyl (C=O) groups excluding carboxylic acids is 1. The van der Waals surface area contributed by atoms with Crippen LogP contribution in [0.1, 0.15) is 53.6 Å². The van der Waals surface area contributed by atoms with Gasteiger partial charge in [0.25, 0.3) is 11.5 Å². The van der Waals surface area contributed by atoms with Crippen molar-refractivity contribution in [2.45, 2.75) is 32.8 Å². The number of aromatic amines is 1. The lowest BCUT2D eigenvalue weighted by atomic mass is 9.86. The molecule has 11 nitrogen and oxygen atoms in total. The van der Waals surface area contributed by atoms with Crippen LogP contribution in [-0.4, -0.2) is 66.9 Å². The van der Waals surface area contributed by atoms with Crippen molar-refractivity contribution in [3.63, 3.8) is 0 Å². The third kappa shape index (κ3) is 6.53. The Hall–Kier alpha value is -5.46. The summed E-state index contributed by atoms with van der Waals surface area (Å²) in [5.74, 6) is 0.213. The van der Waals surface area contributed by atoms with Crippen molar-refractivity contribution >= 4 is 33.8 Å². The number of allylic oxidation sites excluding steroid dienone is 2. The van der Waals surface area contributed by atoms with E-state index >= 15 is 4.39 Å². The van der Waals surface area contributed by atoms with E-state index in [0.717, 1.165) is 10.2 Å². The molecule has 0 unspecified atom stereocenters. The third-order valence-corrected chi connectivity index (χ3v) is 8.23. The predicted molar refractivity (Wildman–Crippen MR) is 182 cm³/mol. The number of nitrogens with one attached hydrogen (secondary N) is 2. The van der Waals surface area contributed by atoms with Crippen LogP contribution in [0.2, 0.25) is 0 Å². The highest BCUT2D eigenvalue weighted by Crippen LogP contribution is 2.29. The van der Waals surface area contributed by atoms with Gasteiger partial charge >= 0.3 is 0 Å². The number of morpholine rings is 1. The number of aromatic nitrogens is 5. The Morgan fingerprint density at radius 1 is 1.15 bits per heavy atom. The molecule has 12 heteroatoms. The van der Waals surface area contributed by atoms with Crippen LogP contribution in [0.25, 0.3) is 27.7 Å². The monoisotopic (exact) mass is 649 g/mol. The quantitative estimate of drug-likeness (QED) is 0.198. The highest BCUT2D eigenvalue weighted by molar-refractivity contribution is 5.94. The summed E-state index contributed by atoms with van der Waals surface area (Å²) in [5, 5.41) is 18.5. The average molecular weight is 650 g/mol. The number of carbonyl (C=O) groups is 1. The number of rotatable bonds is 8. The number of benzene rings is 2. The van der Waals surface area contributed by atoms with Crippen LogP contribution in [0, 0.1) is 5.82 Å². The van der Waals surface area contributed by atoms with Crippen molar-refractivity contribution in [2.75, 3.05) is 31.6 Å². The van der Waals surface area contributed by atoms with Crippen LogP contribution in [0.3, 0.4) is 0 Å². The largest absolute Gasteiger partial charge is 0.392 e. The number of H-pyrrole nitrogens is 1. The van der Waals surface area contributed by atoms with Gasteiger partial charge in [-0.25, -0.2) is 14.4 Å². The fourth-order valence-electron chi connectivity index (χ4n) is 5.59. The van der Waals surface area contributed by atoms with E-state index in [4.69, 9.17) is 4.74 Å². The molecule has 2 aromatic carbocycles. The van der Waals surface area contributed by atoms with Crippen molar-refractivity contribution in [3.8, 4) is 5.69 Å². The Labute approximate surface area is 276 Å². The molecule has 5 aromatic rings. The third-order valence-electron chi connectivity index (χ3n) is 8.23. The highest BCUT2D eigenvalue weighted by Gasteiger charge is 2.22. The summed E-state index contributed by atoms with van der Waals surface area (Å²) in [7, 11) is 0. The van der Waals surface area contributed by atoms with E-state index in [0.29, 0.717) is 77.0 Å². The first-order valence-electron chi connectivity index (χ1n) is 15.5. The minimum Gasteiger partial charge on any atom is -0.392 e. The van der Waals surface area contributed by atoms with E-state index in [1.54, 1.807) is 59.8 Å². The number of hydrogen-bond donors (Lipinski definition) is 3. The van der Waals surface area contributed by atoms with E-state index in [-0.39, 0.29) is 16.7 Å². The van der Waals surface area contributed by atoms with E-state index in [9.17, 15) is 14.7 Å². The van der Waals surface area contributed by atoms with E-state index in [2.05, 4.69) is 31.9 Å². The molecule has 246 valence electrons. The number of fused-ring (bicyclic) bond motifs is 1. The number of amides is 1. The van der Waals surface area contributed by atoms with Gasteiger partial charge < -0.3 is 25.0 Å². The van der Waals surface area contributed by atoms with Gasteiger partial charge in [-0.1, -0.05) is 39.5 Å². The predicted octanol–water partition coefficient (Wildman–Crippen LogP) is 5.07. The summed E-state index contributed by atoms with van der Waals surface area (Å²) in [6, 6.07) is 11.7. The van der Waals surface area contributed by atoms with Crippen LogP contribution >= 0.6 is 0 Å². The average Bonchev–Trinajstić information content (AvgIpc) is 3.63. The first-order valence-corrected chi connectivity index (χ1v) is 15.5. The van der Waals surface area contributed by atoms with Crippen LogP contribution in [0.5, 0.6) is 0 Å². The summed E-state index contributed by atoms with van der Waals surface area (Å²) >= 11 is 0. The number of anilines is 1. The molecule has 4 heterocycles. The second kappa shape index (κ2) is 13.3. The molecule has 3 aromatic heterocycles. The Morgan fingerprint density at radius 3 is 2.60 bits per heavy atom. The molecule has 0 aliphatic carbocycles. The Kier molecular flexibility index (Phi) is 9.03. The van der Waals surface area contributed by atoms with Crippen LogP contribution < -0.4 is 10.9 Å². The maximum atomic E-state index is 15.4. The number of ether oxygens (including phenoxy) is 1. The fourth-order valence-corrected chi connectivity index (χ4v) is 5.59. The lowest BCUT2D eigenvalue weighted by Crippen LogP contribution is -2.40. The molecule has 1 aliphatic rings. The van der Waals surface area contributed by atoms with Gasteiger partial charge in [-0.3, -0.25) is 9.59 Å². The number of nitrogens with zero attached hydrogens (tertiary/aromatic N) is 5. The molecular weight excluding hydrogens is 613 g/mol. The zero-order valence-electron chi connectivity index (χ0n) is 27.0. The Balaban J connectivity index is 1.33. The van der Waals surface area contributed by atoms with Gasteiger partial charge in [-0.15, -0.1) is 0 Å². The molecule has 1 saturated heterocycles. The van der Waals surface area contributed by atoms with Crippen molar-refractivity contribution in [1.82, 2.24) is 29.6 Å². The Morgan fingerprint density at radius 2 is 1.94 bits per heavy atom. The first kappa shape index (κ1) is 32.5. The highest BCUT2D eigenvalue weighted by atomic mass is 19.1. The number of hydrogen-bond acceptors (Lipinski definition) is 8. The molecule has 1 fully saturated rings. The maximum Gasteiger partial charge on any atom is 0.282 e. The van der Waals surface area contributed by atoms with Crippen LogP contribution in [0.15, 0.2) is 84.7 Å². The van der Waals surface area contributed by atoms with Gasteiger partial charge in [-0.05, 0) is 58.5 Å². The number of aliphatic hydroxyl groups excluding tert-OH is 1. The van der Waals surface area contributed by atoms with E-state index in [1.807, 2.05) is 20.8 Å². The van der Waals surface area contributed by atoms with Gasteiger partial charge in [0.15, 0.2) is 5.82 Å². The summed E-state index contributed by atoms with van der Waals surface area (Å²) in [6.07, 6.45) is 7.99. The van der Waals surface area contributed by atoms with E-state index in [1.165, 1.54) is 18.5 Å². The SMILES string of the molecule is C=C(/C=C(/Nc1ccc(C(=O)N2CCOCC2)cn1)c1ncc[nH]1)c1cccc(-n2ncc3cc(C(C)(C)C)cc(F)c3c2=O)c1CO. The standard InChI is InChI=1S/C36H36FN7O4/c1-22(16-29(33-38-10-11-39-33)42-31-9-8-23(19-40-31)34(46)43-12-14-48-15-13-43)26-6-5-7-30(27(26)21-45)44-35(47)32-24(20-41-44)17-25(18-28(32)37)36(2,3)4/h5-11,16-20,45H,1,12-15,21H2,2-4H3,(H,38,39)(H,40,42)/b29-16+. The van der Waals surface area contributed by atoms with Gasteiger partial charge in [0.05, 0.1) is 48.4 Å². The van der Waals surface area contributed by atoms with Crippen molar-refractivity contribution in [2.24, 2.45) is 0 Å². The molecule has 0 atom stereocenters. The molecule has 0 radical (unpaired) electrons. The van der Waals surface area contributed by atoms with Crippen molar-refractivity contribution in [3.05, 3.63) is 124 Å². The summed E-state index contributed by atoms with van der Waals surface area (Å²) < 4.78 is 21.8. The molecule has 3 N–H and O–H groups in total. The molecule has 0 saturated carbocycles. The Bertz CT molecular complexity index is 2070. The van der Waals surface area contributed by atoms with E-state index < -0.39 is 18.0 Å². The molecule has 0 spiro atoms. The van der Waals surface area contributed by atoms with Gasteiger partial charge in [0, 0.05) is 42.6 Å². The fraction of sp³-hybridized carbons (Fsp3) is 0.250. The lowest BCUT2D eigenvalue weighted by Gasteiger charge is -2.26. The topological polar surface area (TPSA) is 138 Å². The number of aliphatic hydroxyl groups is 1.